The van der Waals surface area contributed by atoms with E-state index in [0.717, 1.165) is 26.8 Å². The minimum atomic E-state index is -0.267. The number of anilines is 1. The molecule has 1 amide bonds. The van der Waals surface area contributed by atoms with Crippen molar-refractivity contribution in [1.82, 2.24) is 14.8 Å². The predicted molar refractivity (Wildman–Crippen MR) is 106 cm³/mol. The zero-order chi connectivity index (χ0) is 18.0. The molecule has 3 rings (SSSR count). The van der Waals surface area contributed by atoms with Gasteiger partial charge in [-0.15, -0.1) is 11.3 Å². The average molecular weight is 395 g/mol. The van der Waals surface area contributed by atoms with E-state index < -0.39 is 0 Å². The van der Waals surface area contributed by atoms with Gasteiger partial charge in [-0.05, 0) is 38.5 Å². The second-order valence-electron chi connectivity index (χ2n) is 5.76. The van der Waals surface area contributed by atoms with Crippen LogP contribution in [0, 0.1) is 0 Å². The molecular formula is C17H19ClN4OS2. The van der Waals surface area contributed by atoms with Gasteiger partial charge in [0.05, 0.1) is 27.7 Å². The lowest BCUT2D eigenvalue weighted by Crippen LogP contribution is -2.24. The van der Waals surface area contributed by atoms with Crippen molar-refractivity contribution in [2.45, 2.75) is 42.8 Å². The summed E-state index contributed by atoms with van der Waals surface area (Å²) < 4.78 is 3.76. The maximum atomic E-state index is 12.5. The normalized spacial score (nSPS) is 13.8. The number of nitrogens with zero attached hydrogens (tertiary/aromatic N) is 3. The lowest BCUT2D eigenvalue weighted by atomic mass is 10.3. The molecule has 2 aromatic heterocycles. The number of carbonyl (C=O) groups excluding carboxylic acids is 1. The second kappa shape index (κ2) is 7.76. The number of rotatable bonds is 6. The molecule has 0 saturated heterocycles. The SMILES string of the molecule is CC[C@H](C)n1nccc1NC(=O)[C@@H](C)Sc1nc2cc(Cl)ccc2s1. The molecule has 2 heterocycles. The first-order chi connectivity index (χ1) is 12.0. The summed E-state index contributed by atoms with van der Waals surface area (Å²) in [7, 11) is 0. The Morgan fingerprint density at radius 3 is 2.96 bits per heavy atom. The lowest BCUT2D eigenvalue weighted by Gasteiger charge is -2.15. The van der Waals surface area contributed by atoms with Crippen molar-refractivity contribution in [2.75, 3.05) is 5.32 Å². The molecule has 2 atom stereocenters. The summed E-state index contributed by atoms with van der Waals surface area (Å²) in [5.41, 5.74) is 0.863. The van der Waals surface area contributed by atoms with Gasteiger partial charge >= 0.3 is 0 Å². The van der Waals surface area contributed by atoms with Crippen molar-refractivity contribution >= 4 is 56.6 Å². The Morgan fingerprint density at radius 2 is 2.20 bits per heavy atom. The highest BCUT2D eigenvalue weighted by Gasteiger charge is 2.19. The highest BCUT2D eigenvalue weighted by molar-refractivity contribution is 8.02. The van der Waals surface area contributed by atoms with Crippen molar-refractivity contribution < 1.29 is 4.79 Å². The summed E-state index contributed by atoms with van der Waals surface area (Å²) in [5, 5.41) is 7.66. The maximum absolute atomic E-state index is 12.5. The van der Waals surface area contributed by atoms with Crippen molar-refractivity contribution in [3.63, 3.8) is 0 Å². The molecule has 0 radical (unpaired) electrons. The van der Waals surface area contributed by atoms with Gasteiger partial charge in [0.2, 0.25) is 5.91 Å². The van der Waals surface area contributed by atoms with Gasteiger partial charge in [0.15, 0.2) is 4.34 Å². The summed E-state index contributed by atoms with van der Waals surface area (Å²) in [4.78, 5) is 17.1. The third kappa shape index (κ3) is 4.16. The number of thiazole rings is 1. The van der Waals surface area contributed by atoms with Gasteiger partial charge in [0, 0.05) is 11.1 Å². The molecule has 0 spiro atoms. The standard InChI is InChI=1S/C17H19ClN4OS2/c1-4-10(2)22-15(7-8-19-22)21-16(23)11(3)24-17-20-13-9-12(18)5-6-14(13)25-17/h5-11H,4H2,1-3H3,(H,21,23)/t10-,11+/m0/s1. The molecule has 0 unspecified atom stereocenters. The monoisotopic (exact) mass is 394 g/mol. The number of halogens is 1. The summed E-state index contributed by atoms with van der Waals surface area (Å²) in [6.07, 6.45) is 2.65. The zero-order valence-corrected chi connectivity index (χ0v) is 16.6. The van der Waals surface area contributed by atoms with Crippen LogP contribution in [0.5, 0.6) is 0 Å². The third-order valence-corrected chi connectivity index (χ3v) is 6.37. The second-order valence-corrected chi connectivity index (χ2v) is 8.81. The van der Waals surface area contributed by atoms with Crippen molar-refractivity contribution in [3.05, 3.63) is 35.5 Å². The van der Waals surface area contributed by atoms with E-state index in [2.05, 4.69) is 29.2 Å². The Labute approximate surface area is 159 Å². The molecule has 1 N–H and O–H groups in total. The van der Waals surface area contributed by atoms with Crippen LogP contribution < -0.4 is 5.32 Å². The van der Waals surface area contributed by atoms with E-state index in [1.54, 1.807) is 17.5 Å². The molecule has 132 valence electrons. The van der Waals surface area contributed by atoms with Crippen LogP contribution in [-0.4, -0.2) is 25.9 Å². The third-order valence-electron chi connectivity index (χ3n) is 3.91. The van der Waals surface area contributed by atoms with Gasteiger partial charge in [0.25, 0.3) is 0 Å². The average Bonchev–Trinajstić information content (AvgIpc) is 3.19. The van der Waals surface area contributed by atoms with Crippen molar-refractivity contribution in [3.8, 4) is 0 Å². The summed E-state index contributed by atoms with van der Waals surface area (Å²) in [6.45, 7) is 6.05. The lowest BCUT2D eigenvalue weighted by molar-refractivity contribution is -0.115. The van der Waals surface area contributed by atoms with Gasteiger partial charge in [-0.1, -0.05) is 30.3 Å². The van der Waals surface area contributed by atoms with E-state index in [4.69, 9.17) is 11.6 Å². The van der Waals surface area contributed by atoms with E-state index in [1.807, 2.05) is 35.9 Å². The number of hydrogen-bond acceptors (Lipinski definition) is 5. The largest absolute Gasteiger partial charge is 0.310 e. The Kier molecular flexibility index (Phi) is 5.66. The minimum Gasteiger partial charge on any atom is -0.310 e. The van der Waals surface area contributed by atoms with Crippen molar-refractivity contribution in [2.24, 2.45) is 0 Å². The van der Waals surface area contributed by atoms with Gasteiger partial charge in [-0.25, -0.2) is 9.67 Å². The molecule has 0 bridgehead atoms. The number of carbonyl (C=O) groups is 1. The van der Waals surface area contributed by atoms with Crippen LogP contribution in [0.15, 0.2) is 34.8 Å². The molecule has 5 nitrogen and oxygen atoms in total. The van der Waals surface area contributed by atoms with Crippen LogP contribution in [0.1, 0.15) is 33.2 Å². The first-order valence-electron chi connectivity index (χ1n) is 8.05. The highest BCUT2D eigenvalue weighted by Crippen LogP contribution is 2.33. The first-order valence-corrected chi connectivity index (χ1v) is 10.1. The molecule has 0 aliphatic heterocycles. The molecule has 25 heavy (non-hydrogen) atoms. The minimum absolute atomic E-state index is 0.0626. The number of thioether (sulfide) groups is 1. The molecule has 1 aromatic carbocycles. The topological polar surface area (TPSA) is 59.8 Å². The van der Waals surface area contributed by atoms with Gasteiger partial charge < -0.3 is 5.32 Å². The van der Waals surface area contributed by atoms with Gasteiger partial charge in [0.1, 0.15) is 5.82 Å². The molecular weight excluding hydrogens is 376 g/mol. The fourth-order valence-corrected chi connectivity index (χ4v) is 4.66. The van der Waals surface area contributed by atoms with E-state index in [1.165, 1.54) is 11.8 Å². The van der Waals surface area contributed by atoms with Crippen molar-refractivity contribution in [1.29, 1.82) is 0 Å². The molecule has 0 fully saturated rings. The van der Waals surface area contributed by atoms with E-state index in [9.17, 15) is 4.79 Å². The van der Waals surface area contributed by atoms with E-state index >= 15 is 0 Å². The Bertz CT molecular complexity index is 892. The Morgan fingerprint density at radius 1 is 1.40 bits per heavy atom. The first kappa shape index (κ1) is 18.2. The fraction of sp³-hybridized carbons (Fsp3) is 0.353. The van der Waals surface area contributed by atoms with Gasteiger partial charge in [-0.3, -0.25) is 4.79 Å². The summed E-state index contributed by atoms with van der Waals surface area (Å²) in [5.74, 6) is 0.662. The Hall–Kier alpha value is -1.57. The summed E-state index contributed by atoms with van der Waals surface area (Å²) >= 11 is 9.02. The quantitative estimate of drug-likeness (QED) is 0.581. The number of amides is 1. The van der Waals surface area contributed by atoms with Gasteiger partial charge in [-0.2, -0.15) is 5.10 Å². The van der Waals surface area contributed by atoms with E-state index in [0.29, 0.717) is 5.02 Å². The van der Waals surface area contributed by atoms with Crippen LogP contribution in [-0.2, 0) is 4.79 Å². The smallest absolute Gasteiger partial charge is 0.238 e. The number of nitrogens with one attached hydrogen (secondary N) is 1. The molecule has 8 heteroatoms. The van der Waals surface area contributed by atoms with E-state index in [-0.39, 0.29) is 17.2 Å². The van der Waals surface area contributed by atoms with Crippen LogP contribution in [0.25, 0.3) is 10.2 Å². The number of fused-ring (bicyclic) bond motifs is 1. The van der Waals surface area contributed by atoms with Crippen LogP contribution >= 0.6 is 34.7 Å². The predicted octanol–water partition coefficient (Wildman–Crippen LogP) is 5.24. The van der Waals surface area contributed by atoms with Crippen LogP contribution in [0.2, 0.25) is 5.02 Å². The molecule has 0 saturated carbocycles. The number of benzene rings is 1. The molecule has 0 aliphatic rings. The zero-order valence-electron chi connectivity index (χ0n) is 14.2. The highest BCUT2D eigenvalue weighted by atomic mass is 35.5. The number of hydrogen-bond donors (Lipinski definition) is 1. The number of aromatic nitrogens is 3. The molecule has 0 aliphatic carbocycles. The van der Waals surface area contributed by atoms with Crippen LogP contribution in [0.3, 0.4) is 0 Å². The summed E-state index contributed by atoms with van der Waals surface area (Å²) in [6, 6.07) is 7.70. The fourth-order valence-electron chi connectivity index (χ4n) is 2.30. The Balaban J connectivity index is 1.69. The maximum Gasteiger partial charge on any atom is 0.238 e. The van der Waals surface area contributed by atoms with Crippen LogP contribution in [0.4, 0.5) is 5.82 Å². The molecule has 3 aromatic rings.